The van der Waals surface area contributed by atoms with E-state index in [2.05, 4.69) is 5.32 Å². The predicted octanol–water partition coefficient (Wildman–Crippen LogP) is 2.90. The van der Waals surface area contributed by atoms with Crippen molar-refractivity contribution in [2.45, 2.75) is 12.5 Å². The molecular weight excluding hydrogens is 236 g/mol. The maximum Gasteiger partial charge on any atom is 0.249 e. The van der Waals surface area contributed by atoms with Crippen LogP contribution in [0, 0.1) is 0 Å². The van der Waals surface area contributed by atoms with Crippen molar-refractivity contribution in [3.8, 4) is 0 Å². The molecule has 3 heteroatoms. The van der Waals surface area contributed by atoms with Crippen LogP contribution in [0.25, 0.3) is 0 Å². The maximum atomic E-state index is 12.4. The summed E-state index contributed by atoms with van der Waals surface area (Å²) >= 11 is 0. The van der Waals surface area contributed by atoms with Gasteiger partial charge in [-0.3, -0.25) is 4.79 Å². The van der Waals surface area contributed by atoms with E-state index >= 15 is 0 Å². The molecule has 3 rings (SSSR count). The van der Waals surface area contributed by atoms with Gasteiger partial charge in [0.1, 0.15) is 6.04 Å². The van der Waals surface area contributed by atoms with Crippen LogP contribution in [0.1, 0.15) is 6.42 Å². The molecule has 3 nitrogen and oxygen atoms in total. The normalized spacial score (nSPS) is 18.6. The van der Waals surface area contributed by atoms with Crippen molar-refractivity contribution in [1.82, 2.24) is 0 Å². The first-order valence-electron chi connectivity index (χ1n) is 6.52. The number of nitrogens with one attached hydrogen (secondary N) is 1. The number of anilines is 2. The van der Waals surface area contributed by atoms with Gasteiger partial charge in [0.2, 0.25) is 5.91 Å². The van der Waals surface area contributed by atoms with Gasteiger partial charge in [0.15, 0.2) is 0 Å². The summed E-state index contributed by atoms with van der Waals surface area (Å²) in [5, 5.41) is 3.30. The Morgan fingerprint density at radius 1 is 0.947 bits per heavy atom. The minimum Gasteiger partial charge on any atom is -0.374 e. The Hall–Kier alpha value is -2.29. The molecular formula is C16H16N2O. The molecule has 19 heavy (non-hydrogen) atoms. The number of para-hydroxylation sites is 2. The van der Waals surface area contributed by atoms with E-state index < -0.39 is 0 Å². The van der Waals surface area contributed by atoms with Gasteiger partial charge in [0.05, 0.1) is 0 Å². The highest BCUT2D eigenvalue weighted by Crippen LogP contribution is 2.23. The van der Waals surface area contributed by atoms with Crippen LogP contribution in [-0.4, -0.2) is 18.5 Å². The molecule has 1 saturated heterocycles. The Kier molecular flexibility index (Phi) is 3.19. The van der Waals surface area contributed by atoms with Crippen LogP contribution in [0.4, 0.5) is 11.4 Å². The molecule has 0 radical (unpaired) electrons. The summed E-state index contributed by atoms with van der Waals surface area (Å²) in [4.78, 5) is 14.2. The minimum atomic E-state index is -0.123. The average molecular weight is 252 g/mol. The van der Waals surface area contributed by atoms with Gasteiger partial charge in [-0.25, -0.2) is 0 Å². The molecule has 0 saturated carbocycles. The SMILES string of the molecule is O=C1C(Nc2ccccc2)CCN1c1ccccc1. The van der Waals surface area contributed by atoms with E-state index in [0.29, 0.717) is 0 Å². The quantitative estimate of drug-likeness (QED) is 0.911. The van der Waals surface area contributed by atoms with E-state index in [1.165, 1.54) is 0 Å². The molecule has 0 aliphatic carbocycles. The van der Waals surface area contributed by atoms with Crippen LogP contribution in [0.2, 0.25) is 0 Å². The highest BCUT2D eigenvalue weighted by Gasteiger charge is 2.32. The van der Waals surface area contributed by atoms with Crippen molar-refractivity contribution >= 4 is 17.3 Å². The molecule has 0 spiro atoms. The number of rotatable bonds is 3. The molecule has 2 aromatic rings. The topological polar surface area (TPSA) is 32.3 Å². The number of hydrogen-bond acceptors (Lipinski definition) is 2. The summed E-state index contributed by atoms with van der Waals surface area (Å²) in [5.41, 5.74) is 1.97. The van der Waals surface area contributed by atoms with Gasteiger partial charge in [0.25, 0.3) is 0 Å². The lowest BCUT2D eigenvalue weighted by Crippen LogP contribution is -2.33. The van der Waals surface area contributed by atoms with Gasteiger partial charge in [-0.1, -0.05) is 36.4 Å². The van der Waals surface area contributed by atoms with Crippen LogP contribution >= 0.6 is 0 Å². The number of benzene rings is 2. The second-order valence-corrected chi connectivity index (χ2v) is 4.68. The zero-order valence-electron chi connectivity index (χ0n) is 10.6. The Morgan fingerprint density at radius 2 is 1.58 bits per heavy atom. The number of nitrogens with zero attached hydrogens (tertiary/aromatic N) is 1. The average Bonchev–Trinajstić information content (AvgIpc) is 2.82. The third-order valence-corrected chi connectivity index (χ3v) is 3.39. The van der Waals surface area contributed by atoms with Crippen LogP contribution < -0.4 is 10.2 Å². The first-order chi connectivity index (χ1) is 9.34. The van der Waals surface area contributed by atoms with E-state index in [1.54, 1.807) is 0 Å². The molecule has 0 aromatic heterocycles. The summed E-state index contributed by atoms with van der Waals surface area (Å²) in [7, 11) is 0. The second kappa shape index (κ2) is 5.14. The van der Waals surface area contributed by atoms with Crippen molar-refractivity contribution < 1.29 is 4.79 Å². The lowest BCUT2D eigenvalue weighted by atomic mass is 10.2. The fourth-order valence-electron chi connectivity index (χ4n) is 2.41. The van der Waals surface area contributed by atoms with Crippen LogP contribution in [0.3, 0.4) is 0 Å². The zero-order chi connectivity index (χ0) is 13.1. The Labute approximate surface area is 112 Å². The largest absolute Gasteiger partial charge is 0.374 e. The third-order valence-electron chi connectivity index (χ3n) is 3.39. The summed E-state index contributed by atoms with van der Waals surface area (Å²) in [6.45, 7) is 0.771. The van der Waals surface area contributed by atoms with E-state index in [0.717, 1.165) is 24.3 Å². The molecule has 0 bridgehead atoms. The standard InChI is InChI=1S/C16H16N2O/c19-16-15(17-13-7-3-1-4-8-13)11-12-18(16)14-9-5-2-6-10-14/h1-10,15,17H,11-12H2. The molecule has 1 unspecified atom stereocenters. The maximum absolute atomic E-state index is 12.4. The summed E-state index contributed by atoms with van der Waals surface area (Å²) in [6, 6.07) is 19.6. The van der Waals surface area contributed by atoms with Crippen LogP contribution in [0.15, 0.2) is 60.7 Å². The molecule has 2 aromatic carbocycles. The minimum absolute atomic E-state index is 0.123. The smallest absolute Gasteiger partial charge is 0.249 e. The van der Waals surface area contributed by atoms with E-state index in [-0.39, 0.29) is 11.9 Å². The van der Waals surface area contributed by atoms with Crippen molar-refractivity contribution in [2.24, 2.45) is 0 Å². The Morgan fingerprint density at radius 3 is 2.26 bits per heavy atom. The summed E-state index contributed by atoms with van der Waals surface area (Å²) in [6.07, 6.45) is 0.836. The molecule has 1 aliphatic heterocycles. The zero-order valence-corrected chi connectivity index (χ0v) is 10.6. The number of hydrogen-bond donors (Lipinski definition) is 1. The number of amides is 1. The third kappa shape index (κ3) is 2.45. The lowest BCUT2D eigenvalue weighted by Gasteiger charge is -2.17. The van der Waals surface area contributed by atoms with Gasteiger partial charge in [0, 0.05) is 17.9 Å². The predicted molar refractivity (Wildman–Crippen MR) is 77.3 cm³/mol. The van der Waals surface area contributed by atoms with E-state index in [1.807, 2.05) is 65.6 Å². The molecule has 1 N–H and O–H groups in total. The fourth-order valence-corrected chi connectivity index (χ4v) is 2.41. The van der Waals surface area contributed by atoms with Gasteiger partial charge in [-0.15, -0.1) is 0 Å². The number of carbonyl (C=O) groups is 1. The van der Waals surface area contributed by atoms with Crippen molar-refractivity contribution in [3.05, 3.63) is 60.7 Å². The van der Waals surface area contributed by atoms with Crippen molar-refractivity contribution in [1.29, 1.82) is 0 Å². The highest BCUT2D eigenvalue weighted by molar-refractivity contribution is 6.00. The van der Waals surface area contributed by atoms with Crippen LogP contribution in [-0.2, 0) is 4.79 Å². The van der Waals surface area contributed by atoms with Crippen LogP contribution in [0.5, 0.6) is 0 Å². The lowest BCUT2D eigenvalue weighted by molar-refractivity contribution is -0.117. The Balaban J connectivity index is 1.73. The van der Waals surface area contributed by atoms with Gasteiger partial charge in [-0.2, -0.15) is 0 Å². The van der Waals surface area contributed by atoms with Crippen molar-refractivity contribution in [3.63, 3.8) is 0 Å². The second-order valence-electron chi connectivity index (χ2n) is 4.68. The molecule has 1 atom stereocenters. The first kappa shape index (κ1) is 11.8. The molecule has 1 amide bonds. The van der Waals surface area contributed by atoms with E-state index in [9.17, 15) is 4.79 Å². The first-order valence-corrected chi connectivity index (χ1v) is 6.52. The molecule has 1 aliphatic rings. The number of carbonyl (C=O) groups excluding carboxylic acids is 1. The summed E-state index contributed by atoms with van der Waals surface area (Å²) < 4.78 is 0. The monoisotopic (exact) mass is 252 g/mol. The van der Waals surface area contributed by atoms with Gasteiger partial charge in [-0.05, 0) is 30.7 Å². The van der Waals surface area contributed by atoms with E-state index in [4.69, 9.17) is 0 Å². The van der Waals surface area contributed by atoms with Crippen molar-refractivity contribution in [2.75, 3.05) is 16.8 Å². The molecule has 1 heterocycles. The van der Waals surface area contributed by atoms with Gasteiger partial charge < -0.3 is 10.2 Å². The molecule has 1 fully saturated rings. The van der Waals surface area contributed by atoms with Gasteiger partial charge >= 0.3 is 0 Å². The summed E-state index contributed by atoms with van der Waals surface area (Å²) in [5.74, 6) is 0.148. The fraction of sp³-hybridized carbons (Fsp3) is 0.188. The Bertz CT molecular complexity index is 553. The molecule has 96 valence electrons. The highest BCUT2D eigenvalue weighted by atomic mass is 16.2.